The summed E-state index contributed by atoms with van der Waals surface area (Å²) in [7, 11) is 0. The van der Waals surface area contributed by atoms with Crippen LogP contribution in [0.4, 0.5) is 4.39 Å². The van der Waals surface area contributed by atoms with Gasteiger partial charge in [-0.3, -0.25) is 0 Å². The zero-order chi connectivity index (χ0) is 18.1. The lowest BCUT2D eigenvalue weighted by Crippen LogP contribution is -2.07. The van der Waals surface area contributed by atoms with Crippen LogP contribution in [0.1, 0.15) is 58.1 Å². The van der Waals surface area contributed by atoms with E-state index in [0.29, 0.717) is 30.6 Å². The van der Waals surface area contributed by atoms with E-state index < -0.39 is 11.4 Å². The summed E-state index contributed by atoms with van der Waals surface area (Å²) in [6.45, 7) is 4.46. The van der Waals surface area contributed by atoms with E-state index in [2.05, 4.69) is 6.92 Å². The summed E-state index contributed by atoms with van der Waals surface area (Å²) < 4.78 is 25.3. The van der Waals surface area contributed by atoms with Crippen molar-refractivity contribution in [3.05, 3.63) is 52.3 Å². The van der Waals surface area contributed by atoms with E-state index in [1.807, 2.05) is 19.1 Å². The highest BCUT2D eigenvalue weighted by Crippen LogP contribution is 2.25. The Morgan fingerprint density at radius 1 is 1.20 bits per heavy atom. The molecule has 25 heavy (non-hydrogen) atoms. The third-order valence-electron chi connectivity index (χ3n) is 4.19. The maximum Gasteiger partial charge on any atom is 0.346 e. The second-order valence-corrected chi connectivity index (χ2v) is 6.21. The second-order valence-electron chi connectivity index (χ2n) is 6.21. The number of halogens is 1. The summed E-state index contributed by atoms with van der Waals surface area (Å²) in [6, 6.07) is 5.07. The van der Waals surface area contributed by atoms with Crippen LogP contribution in [0, 0.1) is 5.82 Å². The van der Waals surface area contributed by atoms with Crippen LogP contribution in [-0.2, 0) is 6.42 Å². The van der Waals surface area contributed by atoms with Crippen LogP contribution in [0.2, 0.25) is 0 Å². The Bertz CT molecular complexity index is 762. The number of allylic oxidation sites excluding steroid dienone is 1. The maximum atomic E-state index is 14.6. The first-order chi connectivity index (χ1) is 12.2. The smallest absolute Gasteiger partial charge is 0.346 e. The van der Waals surface area contributed by atoms with Gasteiger partial charge in [-0.25, -0.2) is 9.18 Å². The molecule has 136 valence electrons. The fourth-order valence-electron chi connectivity index (χ4n) is 2.81. The fourth-order valence-corrected chi connectivity index (χ4v) is 2.81. The third-order valence-corrected chi connectivity index (χ3v) is 4.19. The highest BCUT2D eigenvalue weighted by Gasteiger charge is 2.14. The van der Waals surface area contributed by atoms with E-state index in [1.165, 1.54) is 19.3 Å². The summed E-state index contributed by atoms with van der Waals surface area (Å²) >= 11 is 0. The molecule has 2 aromatic rings. The Labute approximate surface area is 148 Å². The van der Waals surface area contributed by atoms with Gasteiger partial charge in [0.15, 0.2) is 11.6 Å². The molecular weight excluding hydrogens is 319 g/mol. The number of ether oxygens (including phenoxy) is 1. The lowest BCUT2D eigenvalue weighted by atomic mass is 10.1. The van der Waals surface area contributed by atoms with E-state index in [1.54, 1.807) is 18.2 Å². The fraction of sp³-hybridized carbons (Fsp3) is 0.476. The molecule has 0 N–H and O–H groups in total. The lowest BCUT2D eigenvalue weighted by molar-refractivity contribution is 0.309. The van der Waals surface area contributed by atoms with Gasteiger partial charge in [-0.05, 0) is 37.3 Å². The quantitative estimate of drug-likeness (QED) is 0.404. The molecule has 0 saturated carbocycles. The summed E-state index contributed by atoms with van der Waals surface area (Å²) in [5.41, 5.74) is -0.627. The Balaban J connectivity index is 2.11. The number of hydrogen-bond donors (Lipinski definition) is 0. The molecule has 0 spiro atoms. The summed E-state index contributed by atoms with van der Waals surface area (Å²) in [5, 5.41) is 0.538. The molecule has 1 aromatic carbocycles. The van der Waals surface area contributed by atoms with Crippen molar-refractivity contribution in [1.29, 1.82) is 0 Å². The molecule has 2 rings (SSSR count). The number of rotatable bonds is 10. The molecular formula is C21H27FO3. The van der Waals surface area contributed by atoms with Crippen molar-refractivity contribution in [2.45, 2.75) is 58.8 Å². The molecule has 0 aliphatic rings. The van der Waals surface area contributed by atoms with Gasteiger partial charge in [-0.2, -0.15) is 0 Å². The van der Waals surface area contributed by atoms with Gasteiger partial charge in [0.25, 0.3) is 0 Å². The predicted molar refractivity (Wildman–Crippen MR) is 99.8 cm³/mol. The van der Waals surface area contributed by atoms with Gasteiger partial charge in [0.1, 0.15) is 11.1 Å². The largest absolute Gasteiger partial charge is 0.490 e. The average Bonchev–Trinajstić information content (AvgIpc) is 2.60. The van der Waals surface area contributed by atoms with Crippen molar-refractivity contribution in [3.8, 4) is 5.75 Å². The molecule has 0 fully saturated rings. The molecule has 0 bridgehead atoms. The van der Waals surface area contributed by atoms with Gasteiger partial charge < -0.3 is 9.15 Å². The Morgan fingerprint density at radius 2 is 2.00 bits per heavy atom. The van der Waals surface area contributed by atoms with Crippen molar-refractivity contribution in [2.24, 2.45) is 0 Å². The minimum Gasteiger partial charge on any atom is -0.490 e. The number of hydrogen-bond acceptors (Lipinski definition) is 3. The molecule has 0 aliphatic carbocycles. The molecule has 0 atom stereocenters. The van der Waals surface area contributed by atoms with Gasteiger partial charge in [-0.1, -0.05) is 50.8 Å². The SMILES string of the molecule is C/C=C/CCOc1ccc2cc(CCCCCCC)oc(=O)c2c1F. The minimum atomic E-state index is -0.638. The van der Waals surface area contributed by atoms with Crippen molar-refractivity contribution >= 4 is 10.8 Å². The first kappa shape index (κ1) is 19.2. The molecule has 4 heteroatoms. The molecule has 0 amide bonds. The zero-order valence-electron chi connectivity index (χ0n) is 15.1. The molecule has 0 aliphatic heterocycles. The number of aryl methyl sites for hydroxylation is 1. The summed E-state index contributed by atoms with van der Waals surface area (Å²) in [5.74, 6) is 0.0768. The monoisotopic (exact) mass is 346 g/mol. The van der Waals surface area contributed by atoms with Crippen LogP contribution in [-0.4, -0.2) is 6.61 Å². The van der Waals surface area contributed by atoms with Crippen molar-refractivity contribution in [1.82, 2.24) is 0 Å². The van der Waals surface area contributed by atoms with Gasteiger partial charge in [-0.15, -0.1) is 0 Å². The van der Waals surface area contributed by atoms with E-state index in [9.17, 15) is 9.18 Å². The van der Waals surface area contributed by atoms with E-state index in [4.69, 9.17) is 9.15 Å². The Hall–Kier alpha value is -2.10. The number of benzene rings is 1. The van der Waals surface area contributed by atoms with Crippen molar-refractivity contribution < 1.29 is 13.5 Å². The van der Waals surface area contributed by atoms with E-state index in [-0.39, 0.29) is 11.1 Å². The topological polar surface area (TPSA) is 39.4 Å². The number of unbranched alkanes of at least 4 members (excludes halogenated alkanes) is 4. The standard InChI is InChI=1S/C21H27FO3/c1-3-5-7-8-9-11-17-15-16-12-13-18(24-14-10-6-4-2)20(22)19(16)21(23)25-17/h4,6,12-13,15H,3,5,7-11,14H2,1-2H3/b6-4+. The molecule has 0 unspecified atom stereocenters. The van der Waals surface area contributed by atoms with E-state index in [0.717, 1.165) is 12.8 Å². The normalized spacial score (nSPS) is 11.5. The van der Waals surface area contributed by atoms with Gasteiger partial charge >= 0.3 is 5.63 Å². The third kappa shape index (κ3) is 5.45. The van der Waals surface area contributed by atoms with E-state index >= 15 is 0 Å². The van der Waals surface area contributed by atoms with Crippen LogP contribution < -0.4 is 10.4 Å². The minimum absolute atomic E-state index is 0.0294. The van der Waals surface area contributed by atoms with Crippen LogP contribution in [0.15, 0.2) is 39.6 Å². The molecule has 1 aromatic heterocycles. The Kier molecular flexibility index (Phi) is 7.71. The summed E-state index contributed by atoms with van der Waals surface area (Å²) in [6.07, 6.45) is 11.0. The van der Waals surface area contributed by atoms with Crippen LogP contribution in [0.3, 0.4) is 0 Å². The highest BCUT2D eigenvalue weighted by molar-refractivity contribution is 5.83. The molecule has 0 radical (unpaired) electrons. The number of fused-ring (bicyclic) bond motifs is 1. The highest BCUT2D eigenvalue weighted by atomic mass is 19.1. The Morgan fingerprint density at radius 3 is 2.76 bits per heavy atom. The van der Waals surface area contributed by atoms with Crippen molar-refractivity contribution in [2.75, 3.05) is 6.61 Å². The van der Waals surface area contributed by atoms with Crippen LogP contribution >= 0.6 is 0 Å². The average molecular weight is 346 g/mol. The second kappa shape index (κ2) is 10.0. The molecule has 0 saturated heterocycles. The molecule has 3 nitrogen and oxygen atoms in total. The van der Waals surface area contributed by atoms with Crippen molar-refractivity contribution in [3.63, 3.8) is 0 Å². The van der Waals surface area contributed by atoms with Crippen LogP contribution in [0.5, 0.6) is 5.75 Å². The summed E-state index contributed by atoms with van der Waals surface area (Å²) in [4.78, 5) is 12.2. The first-order valence-corrected chi connectivity index (χ1v) is 9.16. The molecule has 1 heterocycles. The van der Waals surface area contributed by atoms with Crippen LogP contribution in [0.25, 0.3) is 10.8 Å². The lowest BCUT2D eigenvalue weighted by Gasteiger charge is -2.08. The predicted octanol–water partition coefficient (Wildman–Crippen LogP) is 5.79. The zero-order valence-corrected chi connectivity index (χ0v) is 15.1. The van der Waals surface area contributed by atoms with Gasteiger partial charge in [0, 0.05) is 6.42 Å². The maximum absolute atomic E-state index is 14.6. The van der Waals surface area contributed by atoms with Gasteiger partial charge in [0.05, 0.1) is 6.61 Å². The van der Waals surface area contributed by atoms with Gasteiger partial charge in [0.2, 0.25) is 0 Å². The first-order valence-electron chi connectivity index (χ1n) is 9.16.